The molecule has 1 aliphatic rings. The van der Waals surface area contributed by atoms with Gasteiger partial charge in [-0.2, -0.15) is 5.10 Å². The molecular weight excluding hydrogens is 304 g/mol. The molecule has 3 rings (SSSR count). The van der Waals surface area contributed by atoms with E-state index >= 15 is 0 Å². The Morgan fingerprint density at radius 1 is 1.42 bits per heavy atom. The van der Waals surface area contributed by atoms with Gasteiger partial charge in [0.1, 0.15) is 5.69 Å². The van der Waals surface area contributed by atoms with E-state index in [2.05, 4.69) is 15.7 Å². The molecule has 0 radical (unpaired) electrons. The lowest BCUT2D eigenvalue weighted by Gasteiger charge is -2.22. The summed E-state index contributed by atoms with van der Waals surface area (Å²) in [5.41, 5.74) is 2.61. The summed E-state index contributed by atoms with van der Waals surface area (Å²) in [6, 6.07) is 10.1. The minimum atomic E-state index is -0.144. The average molecular weight is 328 g/mol. The zero-order valence-corrected chi connectivity index (χ0v) is 14.0. The number of aromatic nitrogens is 2. The van der Waals surface area contributed by atoms with E-state index in [0.717, 1.165) is 37.1 Å². The van der Waals surface area contributed by atoms with Crippen molar-refractivity contribution in [3.05, 3.63) is 53.3 Å². The number of amides is 1. The van der Waals surface area contributed by atoms with Gasteiger partial charge >= 0.3 is 0 Å². The second kappa shape index (κ2) is 8.08. The Morgan fingerprint density at radius 2 is 2.29 bits per heavy atom. The van der Waals surface area contributed by atoms with Crippen molar-refractivity contribution in [3.63, 3.8) is 0 Å². The normalized spacial score (nSPS) is 17.6. The van der Waals surface area contributed by atoms with Crippen molar-refractivity contribution in [2.75, 3.05) is 20.2 Å². The first kappa shape index (κ1) is 16.7. The van der Waals surface area contributed by atoms with Crippen molar-refractivity contribution >= 4 is 5.91 Å². The van der Waals surface area contributed by atoms with Crippen LogP contribution >= 0.6 is 0 Å². The highest BCUT2D eigenvalue weighted by molar-refractivity contribution is 5.92. The SMILES string of the molecule is COCc1cccc(CNC(=O)c2ccn(C3CCCNC3)n2)c1. The Morgan fingerprint density at radius 3 is 3.08 bits per heavy atom. The molecule has 1 fully saturated rings. The molecule has 0 aliphatic carbocycles. The third kappa shape index (κ3) is 4.21. The average Bonchev–Trinajstić information content (AvgIpc) is 3.11. The van der Waals surface area contributed by atoms with Gasteiger partial charge in [0.15, 0.2) is 0 Å². The summed E-state index contributed by atoms with van der Waals surface area (Å²) in [5, 5.41) is 10.7. The summed E-state index contributed by atoms with van der Waals surface area (Å²) >= 11 is 0. The molecule has 1 aromatic carbocycles. The first-order chi connectivity index (χ1) is 11.8. The van der Waals surface area contributed by atoms with Crippen molar-refractivity contribution in [1.82, 2.24) is 20.4 Å². The highest BCUT2D eigenvalue weighted by atomic mass is 16.5. The van der Waals surface area contributed by atoms with E-state index in [9.17, 15) is 4.79 Å². The summed E-state index contributed by atoms with van der Waals surface area (Å²) in [6.07, 6.45) is 4.14. The molecule has 2 N–H and O–H groups in total. The van der Waals surface area contributed by atoms with Gasteiger partial charge in [0.25, 0.3) is 5.91 Å². The Hall–Kier alpha value is -2.18. The number of piperidine rings is 1. The molecule has 2 aromatic rings. The molecule has 1 amide bonds. The van der Waals surface area contributed by atoms with Gasteiger partial charge in [0.2, 0.25) is 0 Å². The maximum Gasteiger partial charge on any atom is 0.272 e. The highest BCUT2D eigenvalue weighted by Gasteiger charge is 2.17. The van der Waals surface area contributed by atoms with Crippen LogP contribution in [0.1, 0.15) is 40.5 Å². The zero-order chi connectivity index (χ0) is 16.8. The van der Waals surface area contributed by atoms with E-state index in [1.807, 2.05) is 35.1 Å². The van der Waals surface area contributed by atoms with Crippen LogP contribution in [-0.4, -0.2) is 35.9 Å². The molecule has 24 heavy (non-hydrogen) atoms. The lowest BCUT2D eigenvalue weighted by molar-refractivity contribution is 0.0944. The Bertz CT molecular complexity index is 677. The van der Waals surface area contributed by atoms with E-state index in [-0.39, 0.29) is 5.91 Å². The fraction of sp³-hybridized carbons (Fsp3) is 0.444. The zero-order valence-electron chi connectivity index (χ0n) is 14.0. The van der Waals surface area contributed by atoms with Crippen LogP contribution in [0.3, 0.4) is 0 Å². The second-order valence-corrected chi connectivity index (χ2v) is 6.12. The number of carbonyl (C=O) groups is 1. The molecule has 0 bridgehead atoms. The first-order valence-electron chi connectivity index (χ1n) is 8.37. The van der Waals surface area contributed by atoms with E-state index in [0.29, 0.717) is 24.9 Å². The summed E-state index contributed by atoms with van der Waals surface area (Å²) in [6.45, 7) is 3.03. The van der Waals surface area contributed by atoms with Gasteiger partial charge in [-0.1, -0.05) is 24.3 Å². The summed E-state index contributed by atoms with van der Waals surface area (Å²) < 4.78 is 7.04. The number of carbonyl (C=O) groups excluding carboxylic acids is 1. The summed E-state index contributed by atoms with van der Waals surface area (Å²) in [7, 11) is 1.67. The molecule has 6 heteroatoms. The minimum absolute atomic E-state index is 0.144. The Balaban J connectivity index is 1.57. The van der Waals surface area contributed by atoms with Crippen molar-refractivity contribution in [1.29, 1.82) is 0 Å². The molecule has 6 nitrogen and oxygen atoms in total. The number of ether oxygens (including phenoxy) is 1. The topological polar surface area (TPSA) is 68.2 Å². The van der Waals surface area contributed by atoms with Gasteiger partial charge in [-0.05, 0) is 36.6 Å². The van der Waals surface area contributed by atoms with Gasteiger partial charge in [0, 0.05) is 26.4 Å². The number of benzene rings is 1. The standard InChI is InChI=1S/C18H24N4O2/c1-24-13-15-5-2-4-14(10-15)11-20-18(23)17-7-9-22(21-17)16-6-3-8-19-12-16/h2,4-5,7,9-10,16,19H,3,6,8,11-13H2,1H3,(H,20,23). The molecule has 1 unspecified atom stereocenters. The molecular formula is C18H24N4O2. The fourth-order valence-corrected chi connectivity index (χ4v) is 2.99. The van der Waals surface area contributed by atoms with E-state index in [4.69, 9.17) is 4.74 Å². The summed E-state index contributed by atoms with van der Waals surface area (Å²) in [4.78, 5) is 12.3. The maximum atomic E-state index is 12.3. The predicted octanol–water partition coefficient (Wildman–Crippen LogP) is 1.88. The third-order valence-electron chi connectivity index (χ3n) is 4.24. The smallest absolute Gasteiger partial charge is 0.272 e. The van der Waals surface area contributed by atoms with E-state index < -0.39 is 0 Å². The Kier molecular flexibility index (Phi) is 5.61. The number of rotatable bonds is 6. The van der Waals surface area contributed by atoms with E-state index in [1.54, 1.807) is 13.2 Å². The predicted molar refractivity (Wildman–Crippen MR) is 91.7 cm³/mol. The van der Waals surface area contributed by atoms with Gasteiger partial charge in [-0.3, -0.25) is 9.48 Å². The van der Waals surface area contributed by atoms with Gasteiger partial charge in [-0.15, -0.1) is 0 Å². The van der Waals surface area contributed by atoms with Crippen LogP contribution in [0, 0.1) is 0 Å². The van der Waals surface area contributed by atoms with Crippen molar-refractivity contribution in [2.45, 2.75) is 32.0 Å². The molecule has 1 atom stereocenters. The van der Waals surface area contributed by atoms with Crippen LogP contribution in [0.25, 0.3) is 0 Å². The lowest BCUT2D eigenvalue weighted by Crippen LogP contribution is -2.32. The van der Waals surface area contributed by atoms with Crippen LogP contribution in [0.2, 0.25) is 0 Å². The molecule has 1 aliphatic heterocycles. The lowest BCUT2D eigenvalue weighted by atomic mass is 10.1. The van der Waals surface area contributed by atoms with Crippen LogP contribution in [0.4, 0.5) is 0 Å². The summed E-state index contributed by atoms with van der Waals surface area (Å²) in [5.74, 6) is -0.144. The Labute approximate surface area is 142 Å². The van der Waals surface area contributed by atoms with Crippen molar-refractivity contribution < 1.29 is 9.53 Å². The molecule has 1 saturated heterocycles. The van der Waals surface area contributed by atoms with Crippen LogP contribution < -0.4 is 10.6 Å². The maximum absolute atomic E-state index is 12.3. The molecule has 1 aromatic heterocycles. The number of hydrogen-bond acceptors (Lipinski definition) is 4. The second-order valence-electron chi connectivity index (χ2n) is 6.12. The number of nitrogens with zero attached hydrogens (tertiary/aromatic N) is 2. The quantitative estimate of drug-likeness (QED) is 0.850. The number of methoxy groups -OCH3 is 1. The van der Waals surface area contributed by atoms with Gasteiger partial charge in [-0.25, -0.2) is 0 Å². The number of hydrogen-bond donors (Lipinski definition) is 2. The largest absolute Gasteiger partial charge is 0.380 e. The molecule has 2 heterocycles. The van der Waals surface area contributed by atoms with Gasteiger partial charge < -0.3 is 15.4 Å². The van der Waals surface area contributed by atoms with Crippen LogP contribution in [0.15, 0.2) is 36.5 Å². The minimum Gasteiger partial charge on any atom is -0.380 e. The highest BCUT2D eigenvalue weighted by Crippen LogP contribution is 2.15. The van der Waals surface area contributed by atoms with E-state index in [1.165, 1.54) is 0 Å². The number of nitrogens with one attached hydrogen (secondary N) is 2. The van der Waals surface area contributed by atoms with Gasteiger partial charge in [0.05, 0.1) is 12.6 Å². The molecule has 0 saturated carbocycles. The molecule has 128 valence electrons. The fourth-order valence-electron chi connectivity index (χ4n) is 2.99. The van der Waals surface area contributed by atoms with Crippen molar-refractivity contribution in [2.24, 2.45) is 0 Å². The first-order valence-corrected chi connectivity index (χ1v) is 8.37. The monoisotopic (exact) mass is 328 g/mol. The molecule has 0 spiro atoms. The van der Waals surface area contributed by atoms with Crippen molar-refractivity contribution in [3.8, 4) is 0 Å². The van der Waals surface area contributed by atoms with Crippen LogP contribution in [0.5, 0.6) is 0 Å². The van der Waals surface area contributed by atoms with Crippen LogP contribution in [-0.2, 0) is 17.9 Å². The third-order valence-corrected chi connectivity index (χ3v) is 4.24.